The zero-order chi connectivity index (χ0) is 15.2. The summed E-state index contributed by atoms with van der Waals surface area (Å²) in [7, 11) is 0. The van der Waals surface area contributed by atoms with E-state index in [0.717, 1.165) is 25.0 Å². The van der Waals surface area contributed by atoms with Crippen LogP contribution < -0.4 is 5.73 Å². The van der Waals surface area contributed by atoms with Crippen molar-refractivity contribution in [1.82, 2.24) is 9.97 Å². The average molecular weight is 293 g/mol. The van der Waals surface area contributed by atoms with Crippen LogP contribution in [0.2, 0.25) is 0 Å². The maximum Gasteiger partial charge on any atom is 0.416 e. The summed E-state index contributed by atoms with van der Waals surface area (Å²) < 4.78 is 38.5. The van der Waals surface area contributed by atoms with Gasteiger partial charge in [-0.05, 0) is 31.9 Å². The molecule has 110 valence electrons. The second-order valence-corrected chi connectivity index (χ2v) is 5.29. The molecule has 1 saturated carbocycles. The zero-order valence-corrected chi connectivity index (χ0v) is 11.4. The zero-order valence-electron chi connectivity index (χ0n) is 11.4. The first-order valence-electron chi connectivity index (χ1n) is 6.68. The highest BCUT2D eigenvalue weighted by Crippen LogP contribution is 2.40. The van der Waals surface area contributed by atoms with Crippen LogP contribution in [0.5, 0.6) is 0 Å². The Hall–Kier alpha value is -2.11. The van der Waals surface area contributed by atoms with Crippen LogP contribution in [0.4, 0.5) is 19.0 Å². The predicted octanol–water partition coefficient (Wildman–Crippen LogP) is 3.93. The van der Waals surface area contributed by atoms with Gasteiger partial charge >= 0.3 is 6.18 Å². The van der Waals surface area contributed by atoms with E-state index < -0.39 is 11.7 Å². The van der Waals surface area contributed by atoms with Crippen molar-refractivity contribution in [3.8, 4) is 11.3 Å². The molecule has 0 atom stereocenters. The first-order chi connectivity index (χ1) is 9.86. The molecule has 0 amide bonds. The number of rotatable bonds is 2. The molecule has 0 spiro atoms. The lowest BCUT2D eigenvalue weighted by molar-refractivity contribution is -0.137. The predicted molar refractivity (Wildman–Crippen MR) is 73.6 cm³/mol. The Bertz CT molecular complexity index is 691. The van der Waals surface area contributed by atoms with Gasteiger partial charge in [0.1, 0.15) is 11.6 Å². The summed E-state index contributed by atoms with van der Waals surface area (Å²) in [5.41, 5.74) is 6.69. The van der Waals surface area contributed by atoms with Gasteiger partial charge in [0.05, 0.1) is 11.3 Å². The van der Waals surface area contributed by atoms with Crippen molar-refractivity contribution in [2.24, 2.45) is 0 Å². The molecule has 1 aliphatic carbocycles. The van der Waals surface area contributed by atoms with E-state index in [1.165, 1.54) is 6.07 Å². The van der Waals surface area contributed by atoms with E-state index in [9.17, 15) is 13.2 Å². The normalized spacial score (nSPS) is 15.2. The molecule has 1 aliphatic rings. The van der Waals surface area contributed by atoms with Crippen molar-refractivity contribution in [3.05, 3.63) is 41.2 Å². The van der Waals surface area contributed by atoms with E-state index in [-0.39, 0.29) is 5.92 Å². The molecule has 3 rings (SSSR count). The number of benzene rings is 1. The van der Waals surface area contributed by atoms with Gasteiger partial charge in [0.15, 0.2) is 0 Å². The standard InChI is InChI=1S/C15H14F3N3/c1-8-12(20-14(9-5-6-9)21-13(8)19)10-3-2-4-11(7-10)15(16,17)18/h2-4,7,9H,5-6H2,1H3,(H2,19,20,21). The van der Waals surface area contributed by atoms with Gasteiger partial charge in [-0.1, -0.05) is 12.1 Å². The van der Waals surface area contributed by atoms with Crippen molar-refractivity contribution < 1.29 is 13.2 Å². The summed E-state index contributed by atoms with van der Waals surface area (Å²) in [5, 5.41) is 0. The van der Waals surface area contributed by atoms with Crippen molar-refractivity contribution in [2.45, 2.75) is 31.9 Å². The number of alkyl halides is 3. The van der Waals surface area contributed by atoms with Crippen LogP contribution in [0.3, 0.4) is 0 Å². The number of aromatic nitrogens is 2. The molecule has 6 heteroatoms. The lowest BCUT2D eigenvalue weighted by Crippen LogP contribution is -2.07. The summed E-state index contributed by atoms with van der Waals surface area (Å²) in [6.07, 6.45) is -2.36. The van der Waals surface area contributed by atoms with Gasteiger partial charge in [-0.3, -0.25) is 0 Å². The van der Waals surface area contributed by atoms with Gasteiger partial charge < -0.3 is 5.73 Å². The Morgan fingerprint density at radius 1 is 1.19 bits per heavy atom. The Kier molecular flexibility index (Phi) is 3.11. The molecule has 1 aromatic carbocycles. The Morgan fingerprint density at radius 3 is 2.52 bits per heavy atom. The first kappa shape index (κ1) is 13.9. The molecule has 0 aliphatic heterocycles. The molecule has 1 fully saturated rings. The molecule has 2 aromatic rings. The summed E-state index contributed by atoms with van der Waals surface area (Å²) in [6, 6.07) is 5.14. The topological polar surface area (TPSA) is 51.8 Å². The third kappa shape index (κ3) is 2.70. The summed E-state index contributed by atoms with van der Waals surface area (Å²) >= 11 is 0. The lowest BCUT2D eigenvalue weighted by Gasteiger charge is -2.12. The van der Waals surface area contributed by atoms with Gasteiger partial charge in [0.25, 0.3) is 0 Å². The highest BCUT2D eigenvalue weighted by atomic mass is 19.4. The van der Waals surface area contributed by atoms with Gasteiger partial charge in [0, 0.05) is 17.0 Å². The minimum absolute atomic E-state index is 0.289. The van der Waals surface area contributed by atoms with Crippen LogP contribution in [-0.2, 0) is 6.18 Å². The smallest absolute Gasteiger partial charge is 0.383 e. The van der Waals surface area contributed by atoms with Crippen LogP contribution in [-0.4, -0.2) is 9.97 Å². The molecule has 0 saturated heterocycles. The third-order valence-electron chi connectivity index (χ3n) is 3.61. The third-order valence-corrected chi connectivity index (χ3v) is 3.61. The summed E-state index contributed by atoms with van der Waals surface area (Å²) in [4.78, 5) is 8.67. The van der Waals surface area contributed by atoms with E-state index in [2.05, 4.69) is 9.97 Å². The fourth-order valence-electron chi connectivity index (χ4n) is 2.20. The van der Waals surface area contributed by atoms with Crippen LogP contribution in [0, 0.1) is 6.92 Å². The van der Waals surface area contributed by atoms with Gasteiger partial charge in [0.2, 0.25) is 0 Å². The van der Waals surface area contributed by atoms with Gasteiger partial charge in [-0.25, -0.2) is 9.97 Å². The van der Waals surface area contributed by atoms with E-state index in [0.29, 0.717) is 28.5 Å². The molecule has 3 nitrogen and oxygen atoms in total. The highest BCUT2D eigenvalue weighted by molar-refractivity contribution is 5.68. The minimum Gasteiger partial charge on any atom is -0.383 e. The van der Waals surface area contributed by atoms with Crippen molar-refractivity contribution in [3.63, 3.8) is 0 Å². The monoisotopic (exact) mass is 293 g/mol. The molecule has 2 N–H and O–H groups in total. The lowest BCUT2D eigenvalue weighted by atomic mass is 10.0. The van der Waals surface area contributed by atoms with E-state index in [1.807, 2.05) is 0 Å². The van der Waals surface area contributed by atoms with Crippen LogP contribution in [0.15, 0.2) is 24.3 Å². The molecule has 21 heavy (non-hydrogen) atoms. The molecule has 1 aromatic heterocycles. The number of hydrogen-bond acceptors (Lipinski definition) is 3. The second-order valence-electron chi connectivity index (χ2n) is 5.29. The number of nitrogens with two attached hydrogens (primary N) is 1. The number of anilines is 1. The number of halogens is 3. The van der Waals surface area contributed by atoms with Gasteiger partial charge in [-0.15, -0.1) is 0 Å². The van der Waals surface area contributed by atoms with E-state index in [1.54, 1.807) is 13.0 Å². The van der Waals surface area contributed by atoms with Gasteiger partial charge in [-0.2, -0.15) is 13.2 Å². The maximum atomic E-state index is 12.8. The SMILES string of the molecule is Cc1c(N)nc(C2CC2)nc1-c1cccc(C(F)(F)F)c1. The van der Waals surface area contributed by atoms with Crippen molar-refractivity contribution in [1.29, 1.82) is 0 Å². The largest absolute Gasteiger partial charge is 0.416 e. The number of hydrogen-bond donors (Lipinski definition) is 1. The number of nitrogens with zero attached hydrogens (tertiary/aromatic N) is 2. The van der Waals surface area contributed by atoms with Crippen molar-refractivity contribution in [2.75, 3.05) is 5.73 Å². The number of nitrogen functional groups attached to an aromatic ring is 1. The molecule has 0 bridgehead atoms. The fraction of sp³-hybridized carbons (Fsp3) is 0.333. The van der Waals surface area contributed by atoms with E-state index in [4.69, 9.17) is 5.73 Å². The van der Waals surface area contributed by atoms with Crippen LogP contribution >= 0.6 is 0 Å². The Morgan fingerprint density at radius 2 is 1.90 bits per heavy atom. The summed E-state index contributed by atoms with van der Waals surface area (Å²) in [5.74, 6) is 1.25. The fourth-order valence-corrected chi connectivity index (χ4v) is 2.20. The Balaban J connectivity index is 2.11. The average Bonchev–Trinajstić information content (AvgIpc) is 3.25. The van der Waals surface area contributed by atoms with Crippen molar-refractivity contribution >= 4 is 5.82 Å². The minimum atomic E-state index is -4.37. The van der Waals surface area contributed by atoms with Crippen LogP contribution in [0.25, 0.3) is 11.3 Å². The molecular formula is C15H14F3N3. The first-order valence-corrected chi connectivity index (χ1v) is 6.68. The molecule has 0 radical (unpaired) electrons. The van der Waals surface area contributed by atoms with Crippen LogP contribution in [0.1, 0.15) is 35.7 Å². The van der Waals surface area contributed by atoms with E-state index >= 15 is 0 Å². The highest BCUT2D eigenvalue weighted by Gasteiger charge is 2.31. The maximum absolute atomic E-state index is 12.8. The Labute approximate surface area is 120 Å². The quantitative estimate of drug-likeness (QED) is 0.912. The molecule has 0 unspecified atom stereocenters. The molecule has 1 heterocycles. The summed E-state index contributed by atoms with van der Waals surface area (Å²) in [6.45, 7) is 1.72. The molecular weight excluding hydrogens is 279 g/mol. The second kappa shape index (κ2) is 4.72.